The summed E-state index contributed by atoms with van der Waals surface area (Å²) in [7, 11) is -7.20. The third kappa shape index (κ3) is 9.58. The molecule has 0 aliphatic carbocycles. The normalized spacial score (nSPS) is 16.1. The number of rotatable bonds is 11. The van der Waals surface area contributed by atoms with Gasteiger partial charge in [-0.15, -0.1) is 0 Å². The van der Waals surface area contributed by atoms with Crippen molar-refractivity contribution in [3.8, 4) is 0 Å². The lowest BCUT2D eigenvalue weighted by Crippen LogP contribution is -2.55. The van der Waals surface area contributed by atoms with Gasteiger partial charge >= 0.3 is 6.03 Å². The van der Waals surface area contributed by atoms with E-state index in [-0.39, 0.29) is 23.5 Å². The number of urea groups is 1. The fourth-order valence-corrected chi connectivity index (χ4v) is 5.57. The van der Waals surface area contributed by atoms with E-state index in [0.29, 0.717) is 26.3 Å². The highest BCUT2D eigenvalue weighted by molar-refractivity contribution is 7.94. The van der Waals surface area contributed by atoms with Gasteiger partial charge in [-0.3, -0.25) is 4.79 Å². The van der Waals surface area contributed by atoms with Crippen molar-refractivity contribution in [3.05, 3.63) is 77.7 Å². The summed E-state index contributed by atoms with van der Waals surface area (Å²) in [5.41, 5.74) is 0.810. The molecule has 1 aliphatic heterocycles. The van der Waals surface area contributed by atoms with Crippen molar-refractivity contribution in [1.82, 2.24) is 15.5 Å². The Morgan fingerprint density at radius 1 is 0.947 bits per heavy atom. The van der Waals surface area contributed by atoms with Gasteiger partial charge in [0, 0.05) is 37.2 Å². The fourth-order valence-electron chi connectivity index (χ4n) is 3.79. The molecule has 0 bridgehead atoms. The molecular weight excluding hydrogens is 530 g/mol. The number of benzene rings is 2. The topological polar surface area (TPSA) is 139 Å². The molecule has 0 spiro atoms. The van der Waals surface area contributed by atoms with Crippen molar-refractivity contribution in [2.45, 2.75) is 29.8 Å². The first-order chi connectivity index (χ1) is 18.0. The first-order valence-corrected chi connectivity index (χ1v) is 15.8. The molecule has 0 radical (unpaired) electrons. The van der Waals surface area contributed by atoms with Crippen LogP contribution in [0.4, 0.5) is 4.79 Å². The van der Waals surface area contributed by atoms with Crippen molar-refractivity contribution in [3.63, 3.8) is 0 Å². The highest BCUT2D eigenvalue weighted by atomic mass is 32.2. The van der Waals surface area contributed by atoms with Gasteiger partial charge in [0.25, 0.3) is 0 Å². The molecular formula is C26H33N3O7S2. The summed E-state index contributed by atoms with van der Waals surface area (Å²) >= 11 is 0. The predicted molar refractivity (Wildman–Crippen MR) is 144 cm³/mol. The van der Waals surface area contributed by atoms with Gasteiger partial charge in [-0.25, -0.2) is 21.6 Å². The molecule has 1 heterocycles. The van der Waals surface area contributed by atoms with Gasteiger partial charge in [-0.2, -0.15) is 0 Å². The second-order valence-electron chi connectivity index (χ2n) is 9.01. The molecule has 2 atom stereocenters. The van der Waals surface area contributed by atoms with Gasteiger partial charge in [0.2, 0.25) is 5.91 Å². The number of hydrogen-bond acceptors (Lipinski definition) is 7. The van der Waals surface area contributed by atoms with Crippen LogP contribution in [-0.4, -0.2) is 84.1 Å². The molecule has 12 heteroatoms. The summed E-state index contributed by atoms with van der Waals surface area (Å²) in [5.74, 6) is -0.826. The summed E-state index contributed by atoms with van der Waals surface area (Å²) < 4.78 is 54.4. The van der Waals surface area contributed by atoms with Gasteiger partial charge in [0.05, 0.1) is 23.9 Å². The molecule has 3 rings (SSSR count). The number of nitrogens with one attached hydrogen (secondary N) is 2. The molecule has 38 heavy (non-hydrogen) atoms. The average molecular weight is 564 g/mol. The second kappa shape index (κ2) is 13.5. The van der Waals surface area contributed by atoms with Crippen LogP contribution in [0.2, 0.25) is 0 Å². The molecule has 1 fully saturated rings. The highest BCUT2D eigenvalue weighted by Gasteiger charge is 2.27. The monoisotopic (exact) mass is 563 g/mol. The molecule has 1 aliphatic rings. The molecule has 1 unspecified atom stereocenters. The zero-order valence-corrected chi connectivity index (χ0v) is 22.8. The van der Waals surface area contributed by atoms with E-state index in [1.807, 2.05) is 30.3 Å². The fraction of sp³-hybridized carbons (Fsp3) is 0.385. The Labute approximate surface area is 223 Å². The number of carbonyl (C=O) groups is 2. The molecule has 206 valence electrons. The lowest BCUT2D eigenvalue weighted by Gasteiger charge is -2.29. The van der Waals surface area contributed by atoms with Crippen LogP contribution in [0.5, 0.6) is 0 Å². The lowest BCUT2D eigenvalue weighted by molar-refractivity contribution is -0.123. The van der Waals surface area contributed by atoms with E-state index in [4.69, 9.17) is 4.74 Å². The average Bonchev–Trinajstić information content (AvgIpc) is 2.91. The van der Waals surface area contributed by atoms with Crippen molar-refractivity contribution >= 4 is 31.6 Å². The summed E-state index contributed by atoms with van der Waals surface area (Å²) in [6.45, 7) is 1.58. The number of ether oxygens (including phenoxy) is 1. The minimum atomic E-state index is -3.82. The Morgan fingerprint density at radius 3 is 2.16 bits per heavy atom. The van der Waals surface area contributed by atoms with Crippen LogP contribution in [0.15, 0.2) is 77.0 Å². The van der Waals surface area contributed by atoms with E-state index in [9.17, 15) is 26.4 Å². The van der Waals surface area contributed by atoms with Crippen molar-refractivity contribution in [1.29, 1.82) is 0 Å². The molecule has 0 aromatic heterocycles. The second-order valence-corrected chi connectivity index (χ2v) is 13.1. The quantitative estimate of drug-likeness (QED) is 0.423. The van der Waals surface area contributed by atoms with E-state index in [1.165, 1.54) is 18.2 Å². The smallest absolute Gasteiger partial charge is 0.318 e. The summed E-state index contributed by atoms with van der Waals surface area (Å²) in [4.78, 5) is 27.9. The number of hydrogen-bond donors (Lipinski definition) is 2. The van der Waals surface area contributed by atoms with Crippen molar-refractivity contribution in [2.75, 3.05) is 38.3 Å². The van der Waals surface area contributed by atoms with Crippen LogP contribution < -0.4 is 10.6 Å². The Balaban J connectivity index is 1.80. The summed E-state index contributed by atoms with van der Waals surface area (Å²) in [6.07, 6.45) is 2.49. The number of nitrogens with zero attached hydrogens (tertiary/aromatic N) is 1. The molecule has 3 amide bonds. The predicted octanol–water partition coefficient (Wildman–Crippen LogP) is 1.55. The Kier molecular flexibility index (Phi) is 10.5. The Bertz CT molecular complexity index is 1310. The Morgan fingerprint density at radius 2 is 1.55 bits per heavy atom. The lowest BCUT2D eigenvalue weighted by atomic mass is 10.0. The summed E-state index contributed by atoms with van der Waals surface area (Å²) in [5, 5.41) is 6.47. The standard InChI is InChI=1S/C26H33N3O7S2/c1-37(32,33)18-12-22(13-19-38(34,35)23-10-6-3-7-11-23)27-25(30)24(20-21-8-4-2-5-9-21)28-26(31)29-14-16-36-17-15-29/h2-11,13,19,22,24H,12,14-18,20H2,1H3,(H,27,30)(H,28,31)/b19-13+/t22-,24?/m0/s1. The van der Waals surface area contributed by atoms with Crippen LogP contribution in [-0.2, 0) is 35.6 Å². The van der Waals surface area contributed by atoms with Gasteiger partial charge in [0.15, 0.2) is 9.84 Å². The minimum Gasteiger partial charge on any atom is -0.378 e. The maximum absolute atomic E-state index is 13.4. The SMILES string of the molecule is CS(=O)(=O)CC[C@@H](/C=C/S(=O)(=O)c1ccccc1)NC(=O)C(Cc1ccccc1)NC(=O)N1CCOCC1. The van der Waals surface area contributed by atoms with Crippen molar-refractivity contribution < 1.29 is 31.2 Å². The number of sulfone groups is 2. The maximum Gasteiger partial charge on any atom is 0.318 e. The Hall–Kier alpha value is -3.22. The number of carbonyl (C=O) groups excluding carboxylic acids is 2. The molecule has 2 N–H and O–H groups in total. The summed E-state index contributed by atoms with van der Waals surface area (Å²) in [6, 6.07) is 14.6. The van der Waals surface area contributed by atoms with Crippen molar-refractivity contribution in [2.24, 2.45) is 0 Å². The van der Waals surface area contributed by atoms with E-state index in [1.54, 1.807) is 23.1 Å². The molecule has 2 aromatic rings. The zero-order chi connectivity index (χ0) is 27.6. The first-order valence-electron chi connectivity index (χ1n) is 12.2. The van der Waals surface area contributed by atoms with Gasteiger partial charge in [-0.1, -0.05) is 54.6 Å². The van der Waals surface area contributed by atoms with E-state index >= 15 is 0 Å². The molecule has 10 nitrogen and oxygen atoms in total. The minimum absolute atomic E-state index is 0.0408. The maximum atomic E-state index is 13.4. The largest absolute Gasteiger partial charge is 0.378 e. The zero-order valence-electron chi connectivity index (χ0n) is 21.2. The number of morpholine rings is 1. The van der Waals surface area contributed by atoms with Crippen LogP contribution in [0.3, 0.4) is 0 Å². The molecule has 2 aromatic carbocycles. The van der Waals surface area contributed by atoms with Gasteiger partial charge in [0.1, 0.15) is 15.9 Å². The van der Waals surface area contributed by atoms with Crippen LogP contribution in [0, 0.1) is 0 Å². The first kappa shape index (κ1) is 29.3. The number of amides is 3. The van der Waals surface area contributed by atoms with Gasteiger partial charge in [-0.05, 0) is 24.1 Å². The van der Waals surface area contributed by atoms with E-state index < -0.39 is 43.7 Å². The molecule has 1 saturated heterocycles. The van der Waals surface area contributed by atoms with E-state index in [0.717, 1.165) is 17.2 Å². The highest BCUT2D eigenvalue weighted by Crippen LogP contribution is 2.13. The third-order valence-electron chi connectivity index (χ3n) is 5.88. The van der Waals surface area contributed by atoms with Gasteiger partial charge < -0.3 is 20.3 Å². The van der Waals surface area contributed by atoms with Crippen LogP contribution in [0.1, 0.15) is 12.0 Å². The molecule has 0 saturated carbocycles. The van der Waals surface area contributed by atoms with E-state index in [2.05, 4.69) is 10.6 Å². The third-order valence-corrected chi connectivity index (χ3v) is 8.31. The van der Waals surface area contributed by atoms with Crippen LogP contribution in [0.25, 0.3) is 0 Å². The van der Waals surface area contributed by atoms with Crippen LogP contribution >= 0.6 is 0 Å².